The zero-order valence-electron chi connectivity index (χ0n) is 10.7. The van der Waals surface area contributed by atoms with Gasteiger partial charge in [-0.1, -0.05) is 40.2 Å². The molecule has 5 heteroatoms. The lowest BCUT2D eigenvalue weighted by Gasteiger charge is -2.08. The van der Waals surface area contributed by atoms with Gasteiger partial charge < -0.3 is 0 Å². The standard InChI is InChI=1S/C16H10BrF3O/c17-14-8-11-2-1-10(7-13(11)15(14)21)9-3-5-12(6-4-9)16(18,19)20/h1-7,14H,8H2. The summed E-state index contributed by atoms with van der Waals surface area (Å²) in [6.45, 7) is 0. The number of carbonyl (C=O) groups excluding carboxylic acids is 1. The fourth-order valence-corrected chi connectivity index (χ4v) is 3.06. The van der Waals surface area contributed by atoms with Gasteiger partial charge in [0.05, 0.1) is 10.4 Å². The Morgan fingerprint density at radius 1 is 1.00 bits per heavy atom. The van der Waals surface area contributed by atoms with E-state index in [1.54, 1.807) is 6.07 Å². The highest BCUT2D eigenvalue weighted by Crippen LogP contribution is 2.33. The lowest BCUT2D eigenvalue weighted by atomic mass is 9.99. The maximum atomic E-state index is 12.5. The lowest BCUT2D eigenvalue weighted by Crippen LogP contribution is -2.06. The number of hydrogen-bond acceptors (Lipinski definition) is 1. The normalized spacial score (nSPS) is 17.9. The zero-order chi connectivity index (χ0) is 15.2. The van der Waals surface area contributed by atoms with Crippen molar-refractivity contribution in [3.05, 3.63) is 59.2 Å². The van der Waals surface area contributed by atoms with Crippen LogP contribution in [0.15, 0.2) is 42.5 Å². The largest absolute Gasteiger partial charge is 0.416 e. The first kappa shape index (κ1) is 14.3. The SMILES string of the molecule is O=C1c2cc(-c3ccc(C(F)(F)F)cc3)ccc2CC1Br. The van der Waals surface area contributed by atoms with Crippen molar-refractivity contribution in [3.63, 3.8) is 0 Å². The fraction of sp³-hybridized carbons (Fsp3) is 0.188. The van der Waals surface area contributed by atoms with Crippen LogP contribution >= 0.6 is 15.9 Å². The number of hydrogen-bond donors (Lipinski definition) is 0. The van der Waals surface area contributed by atoms with E-state index in [1.807, 2.05) is 12.1 Å². The van der Waals surface area contributed by atoms with Gasteiger partial charge in [0.25, 0.3) is 0 Å². The van der Waals surface area contributed by atoms with E-state index in [9.17, 15) is 18.0 Å². The number of halogens is 4. The van der Waals surface area contributed by atoms with Crippen LogP contribution in [-0.2, 0) is 12.6 Å². The highest BCUT2D eigenvalue weighted by Gasteiger charge is 2.30. The highest BCUT2D eigenvalue weighted by molar-refractivity contribution is 9.10. The number of Topliss-reactive ketones (excluding diaryl/α,β-unsaturated/α-hetero) is 1. The first-order valence-electron chi connectivity index (χ1n) is 6.35. The van der Waals surface area contributed by atoms with Crippen molar-refractivity contribution in [1.82, 2.24) is 0 Å². The van der Waals surface area contributed by atoms with Crippen molar-refractivity contribution in [2.45, 2.75) is 17.4 Å². The Hall–Kier alpha value is -1.62. The van der Waals surface area contributed by atoms with Crippen LogP contribution in [0.4, 0.5) is 13.2 Å². The molecule has 3 rings (SSSR count). The Kier molecular flexibility index (Phi) is 3.40. The van der Waals surface area contributed by atoms with E-state index in [2.05, 4.69) is 15.9 Å². The minimum absolute atomic E-state index is 0.0266. The molecule has 0 saturated heterocycles. The molecule has 0 N–H and O–H groups in total. The summed E-state index contributed by atoms with van der Waals surface area (Å²) in [4.78, 5) is 11.8. The first-order valence-corrected chi connectivity index (χ1v) is 7.26. The molecule has 0 amide bonds. The van der Waals surface area contributed by atoms with Crippen molar-refractivity contribution in [1.29, 1.82) is 0 Å². The first-order chi connectivity index (χ1) is 9.86. The molecule has 0 aromatic heterocycles. The predicted molar refractivity (Wildman–Crippen MR) is 77.6 cm³/mol. The lowest BCUT2D eigenvalue weighted by molar-refractivity contribution is -0.137. The molecule has 0 heterocycles. The summed E-state index contributed by atoms with van der Waals surface area (Å²) < 4.78 is 37.6. The Bertz CT molecular complexity index is 704. The molecule has 1 atom stereocenters. The van der Waals surface area contributed by atoms with Crippen molar-refractivity contribution in [2.75, 3.05) is 0 Å². The molecule has 1 nitrogen and oxygen atoms in total. The molecule has 1 aliphatic rings. The van der Waals surface area contributed by atoms with Gasteiger partial charge in [-0.2, -0.15) is 13.2 Å². The van der Waals surface area contributed by atoms with Gasteiger partial charge in [0.15, 0.2) is 5.78 Å². The summed E-state index contributed by atoms with van der Waals surface area (Å²) in [5.74, 6) is 0.0266. The smallest absolute Gasteiger partial charge is 0.293 e. The van der Waals surface area contributed by atoms with E-state index >= 15 is 0 Å². The van der Waals surface area contributed by atoms with Crippen LogP contribution in [-0.4, -0.2) is 10.6 Å². The van der Waals surface area contributed by atoms with Gasteiger partial charge in [0.1, 0.15) is 0 Å². The third-order valence-electron chi connectivity index (χ3n) is 3.60. The van der Waals surface area contributed by atoms with Gasteiger partial charge >= 0.3 is 6.18 Å². The number of benzene rings is 2. The average Bonchev–Trinajstić information content (AvgIpc) is 2.73. The maximum absolute atomic E-state index is 12.5. The van der Waals surface area contributed by atoms with Gasteiger partial charge in [0, 0.05) is 5.56 Å². The number of ketones is 1. The van der Waals surface area contributed by atoms with Gasteiger partial charge in [-0.05, 0) is 41.3 Å². The minimum atomic E-state index is -4.34. The summed E-state index contributed by atoms with van der Waals surface area (Å²) in [7, 11) is 0. The molecule has 108 valence electrons. The monoisotopic (exact) mass is 354 g/mol. The highest BCUT2D eigenvalue weighted by atomic mass is 79.9. The topological polar surface area (TPSA) is 17.1 Å². The van der Waals surface area contributed by atoms with Crippen LogP contribution in [0.3, 0.4) is 0 Å². The van der Waals surface area contributed by atoms with Crippen LogP contribution in [0.2, 0.25) is 0 Å². The summed E-state index contributed by atoms with van der Waals surface area (Å²) in [5, 5.41) is 0. The van der Waals surface area contributed by atoms with Gasteiger partial charge in [-0.3, -0.25) is 4.79 Å². The number of carbonyl (C=O) groups is 1. The number of fused-ring (bicyclic) bond motifs is 1. The van der Waals surface area contributed by atoms with E-state index in [0.717, 1.165) is 23.3 Å². The number of alkyl halides is 4. The fourth-order valence-electron chi connectivity index (χ4n) is 2.47. The molecule has 0 bridgehead atoms. The van der Waals surface area contributed by atoms with Crippen molar-refractivity contribution < 1.29 is 18.0 Å². The summed E-state index contributed by atoms with van der Waals surface area (Å²) in [5.41, 5.74) is 2.35. The summed E-state index contributed by atoms with van der Waals surface area (Å²) in [6, 6.07) is 10.4. The Morgan fingerprint density at radius 3 is 2.24 bits per heavy atom. The van der Waals surface area contributed by atoms with Crippen molar-refractivity contribution in [2.24, 2.45) is 0 Å². The van der Waals surface area contributed by atoms with E-state index in [1.165, 1.54) is 12.1 Å². The second-order valence-corrected chi connectivity index (χ2v) is 6.09. The Labute approximate surface area is 127 Å². The molecule has 1 aliphatic carbocycles. The third kappa shape index (κ3) is 2.62. The summed E-state index contributed by atoms with van der Waals surface area (Å²) in [6.07, 6.45) is -3.68. The van der Waals surface area contributed by atoms with Gasteiger partial charge in [0.2, 0.25) is 0 Å². The molecule has 0 fully saturated rings. The van der Waals surface area contributed by atoms with E-state index < -0.39 is 11.7 Å². The van der Waals surface area contributed by atoms with Crippen LogP contribution < -0.4 is 0 Å². The van der Waals surface area contributed by atoms with E-state index in [0.29, 0.717) is 17.5 Å². The molecule has 0 spiro atoms. The molecule has 2 aromatic carbocycles. The molecule has 2 aromatic rings. The van der Waals surface area contributed by atoms with Crippen LogP contribution in [0, 0.1) is 0 Å². The molecular formula is C16H10BrF3O. The van der Waals surface area contributed by atoms with Crippen LogP contribution in [0.25, 0.3) is 11.1 Å². The van der Waals surface area contributed by atoms with Crippen LogP contribution in [0.1, 0.15) is 21.5 Å². The van der Waals surface area contributed by atoms with E-state index in [-0.39, 0.29) is 10.6 Å². The third-order valence-corrected chi connectivity index (χ3v) is 4.34. The minimum Gasteiger partial charge on any atom is -0.293 e. The zero-order valence-corrected chi connectivity index (χ0v) is 12.3. The number of rotatable bonds is 1. The quantitative estimate of drug-likeness (QED) is 0.667. The Balaban J connectivity index is 1.97. The second kappa shape index (κ2) is 4.98. The maximum Gasteiger partial charge on any atom is 0.416 e. The van der Waals surface area contributed by atoms with Crippen molar-refractivity contribution >= 4 is 21.7 Å². The molecule has 1 unspecified atom stereocenters. The summed E-state index contributed by atoms with van der Waals surface area (Å²) >= 11 is 3.32. The van der Waals surface area contributed by atoms with Gasteiger partial charge in [-0.25, -0.2) is 0 Å². The average molecular weight is 355 g/mol. The molecule has 0 saturated carbocycles. The predicted octanol–water partition coefficient (Wildman–Crippen LogP) is 4.87. The second-order valence-electron chi connectivity index (χ2n) is 4.98. The van der Waals surface area contributed by atoms with E-state index in [4.69, 9.17) is 0 Å². The van der Waals surface area contributed by atoms with Crippen molar-refractivity contribution in [3.8, 4) is 11.1 Å². The Morgan fingerprint density at radius 2 is 1.62 bits per heavy atom. The molecular weight excluding hydrogens is 345 g/mol. The van der Waals surface area contributed by atoms with Gasteiger partial charge in [-0.15, -0.1) is 0 Å². The molecule has 0 aliphatic heterocycles. The molecule has 21 heavy (non-hydrogen) atoms. The molecule has 0 radical (unpaired) electrons. The van der Waals surface area contributed by atoms with Crippen LogP contribution in [0.5, 0.6) is 0 Å².